The summed E-state index contributed by atoms with van der Waals surface area (Å²) in [5, 5.41) is 21.9. The van der Waals surface area contributed by atoms with Crippen LogP contribution < -0.4 is 5.56 Å². The van der Waals surface area contributed by atoms with Gasteiger partial charge in [-0.1, -0.05) is 28.1 Å². The predicted octanol–water partition coefficient (Wildman–Crippen LogP) is 2.80. The number of H-pyrrole nitrogens is 1. The van der Waals surface area contributed by atoms with Gasteiger partial charge in [0.05, 0.1) is 6.21 Å². The quantitative estimate of drug-likeness (QED) is 0.532. The highest BCUT2D eigenvalue weighted by atomic mass is 79.9. The Morgan fingerprint density at radius 1 is 1.36 bits per heavy atom. The molecule has 0 atom stereocenters. The fourth-order valence-corrected chi connectivity index (χ4v) is 2.59. The molecule has 0 saturated heterocycles. The zero-order chi connectivity index (χ0) is 15.7. The van der Waals surface area contributed by atoms with Gasteiger partial charge < -0.3 is 5.11 Å². The molecule has 0 aliphatic heterocycles. The molecule has 0 saturated carbocycles. The number of aromatic amines is 1. The molecule has 0 spiro atoms. The number of nitrogens with one attached hydrogen (secondary N) is 1. The molecule has 1 heterocycles. The smallest absolute Gasteiger partial charge is 0.293 e. The molecule has 0 fully saturated rings. The summed E-state index contributed by atoms with van der Waals surface area (Å²) in [5.41, 5.74) is 0.0468. The number of aromatic nitrogens is 3. The predicted molar refractivity (Wildman–Crippen MR) is 90.0 cm³/mol. The van der Waals surface area contributed by atoms with Crippen LogP contribution in [0.3, 0.4) is 0 Å². The Labute approximate surface area is 137 Å². The molecule has 2 aromatic carbocycles. The summed E-state index contributed by atoms with van der Waals surface area (Å²) in [6.07, 6.45) is 2.48. The van der Waals surface area contributed by atoms with Gasteiger partial charge in [0, 0.05) is 10.0 Å². The van der Waals surface area contributed by atoms with Crippen molar-refractivity contribution < 1.29 is 5.11 Å². The summed E-state index contributed by atoms with van der Waals surface area (Å²) in [7, 11) is 0. The van der Waals surface area contributed by atoms with Crippen LogP contribution in [0.1, 0.15) is 5.56 Å². The van der Waals surface area contributed by atoms with Gasteiger partial charge in [0.2, 0.25) is 4.77 Å². The Balaban J connectivity index is 2.19. The molecule has 2 N–H and O–H groups in total. The van der Waals surface area contributed by atoms with E-state index in [1.807, 2.05) is 18.2 Å². The number of nitrogens with zero attached hydrogens (tertiary/aromatic N) is 3. The monoisotopic (exact) mass is 376 g/mol. The molecule has 22 heavy (non-hydrogen) atoms. The maximum atomic E-state index is 11.7. The largest absolute Gasteiger partial charge is 0.507 e. The Kier molecular flexibility index (Phi) is 3.86. The third kappa shape index (κ3) is 2.70. The summed E-state index contributed by atoms with van der Waals surface area (Å²) >= 11 is 8.37. The molecule has 0 aliphatic rings. The van der Waals surface area contributed by atoms with E-state index in [2.05, 4.69) is 31.2 Å². The number of hydrogen-bond acceptors (Lipinski definition) is 5. The average molecular weight is 377 g/mol. The molecule has 0 unspecified atom stereocenters. The van der Waals surface area contributed by atoms with Crippen molar-refractivity contribution in [2.24, 2.45) is 5.10 Å². The van der Waals surface area contributed by atoms with Crippen LogP contribution in [0.2, 0.25) is 0 Å². The maximum absolute atomic E-state index is 11.7. The van der Waals surface area contributed by atoms with E-state index < -0.39 is 5.56 Å². The van der Waals surface area contributed by atoms with Gasteiger partial charge in [0.25, 0.3) is 5.56 Å². The lowest BCUT2D eigenvalue weighted by atomic mass is 10.0. The summed E-state index contributed by atoms with van der Waals surface area (Å²) in [6.45, 7) is 0. The van der Waals surface area contributed by atoms with Crippen molar-refractivity contribution in [3.63, 3.8) is 0 Å². The first-order chi connectivity index (χ1) is 10.6. The number of hydrogen-bond donors (Lipinski definition) is 2. The molecule has 8 heteroatoms. The van der Waals surface area contributed by atoms with Crippen molar-refractivity contribution in [1.82, 2.24) is 14.9 Å². The first kappa shape index (κ1) is 14.6. The van der Waals surface area contributed by atoms with Crippen molar-refractivity contribution in [3.05, 3.63) is 61.7 Å². The first-order valence-electron chi connectivity index (χ1n) is 6.18. The molecule has 3 aromatic rings. The minimum atomic E-state index is -0.456. The van der Waals surface area contributed by atoms with Crippen LogP contribution in [-0.2, 0) is 0 Å². The number of halogens is 1. The molecule has 0 amide bonds. The first-order valence-corrected chi connectivity index (χ1v) is 7.39. The number of benzene rings is 2. The lowest BCUT2D eigenvalue weighted by Gasteiger charge is -2.05. The van der Waals surface area contributed by atoms with Gasteiger partial charge in [0.1, 0.15) is 11.9 Å². The Morgan fingerprint density at radius 2 is 2.18 bits per heavy atom. The Bertz CT molecular complexity index is 981. The lowest BCUT2D eigenvalue weighted by molar-refractivity contribution is 0.475. The fraction of sp³-hybridized carbons (Fsp3) is 0. The number of phenolic OH excluding ortho intramolecular Hbond substituents is 1. The van der Waals surface area contributed by atoms with E-state index in [4.69, 9.17) is 12.2 Å². The molecule has 0 bridgehead atoms. The molecular weight excluding hydrogens is 368 g/mol. The van der Waals surface area contributed by atoms with Crippen molar-refractivity contribution in [2.75, 3.05) is 0 Å². The van der Waals surface area contributed by atoms with Crippen LogP contribution in [0.4, 0.5) is 0 Å². The van der Waals surface area contributed by atoms with Crippen molar-refractivity contribution in [1.29, 1.82) is 0 Å². The van der Waals surface area contributed by atoms with Gasteiger partial charge in [-0.15, -0.1) is 0 Å². The molecule has 0 radical (unpaired) electrons. The SMILES string of the molecule is O=c1cn[nH]c(=S)n1/N=C\c1c(O)ccc2cc(Br)ccc12. The average Bonchev–Trinajstić information content (AvgIpc) is 2.48. The topological polar surface area (TPSA) is 83.3 Å². The molecule has 110 valence electrons. The van der Waals surface area contributed by atoms with Gasteiger partial charge in [-0.3, -0.25) is 9.89 Å². The molecular formula is C14H9BrN4O2S. The molecule has 3 rings (SSSR count). The van der Waals surface area contributed by atoms with E-state index in [-0.39, 0.29) is 10.5 Å². The van der Waals surface area contributed by atoms with Gasteiger partial charge in [-0.05, 0) is 41.2 Å². The summed E-state index contributed by atoms with van der Waals surface area (Å²) in [6, 6.07) is 9.03. The highest BCUT2D eigenvalue weighted by Gasteiger charge is 2.06. The van der Waals surface area contributed by atoms with Crippen LogP contribution in [0.25, 0.3) is 10.8 Å². The summed E-state index contributed by atoms with van der Waals surface area (Å²) < 4.78 is 2.01. The van der Waals surface area contributed by atoms with Gasteiger partial charge >= 0.3 is 0 Å². The van der Waals surface area contributed by atoms with E-state index in [1.165, 1.54) is 6.21 Å². The van der Waals surface area contributed by atoms with Crippen molar-refractivity contribution in [3.8, 4) is 5.75 Å². The van der Waals surface area contributed by atoms with Crippen LogP contribution in [0, 0.1) is 4.77 Å². The minimum absolute atomic E-state index is 0.0653. The molecule has 6 nitrogen and oxygen atoms in total. The van der Waals surface area contributed by atoms with Gasteiger partial charge in [-0.25, -0.2) is 0 Å². The van der Waals surface area contributed by atoms with E-state index >= 15 is 0 Å². The van der Waals surface area contributed by atoms with Crippen LogP contribution >= 0.6 is 28.1 Å². The second-order valence-electron chi connectivity index (χ2n) is 4.43. The summed E-state index contributed by atoms with van der Waals surface area (Å²) in [5.74, 6) is 0.0653. The highest BCUT2D eigenvalue weighted by molar-refractivity contribution is 9.10. The zero-order valence-electron chi connectivity index (χ0n) is 11.0. The van der Waals surface area contributed by atoms with Crippen LogP contribution in [-0.4, -0.2) is 26.2 Å². The number of rotatable bonds is 2. The van der Waals surface area contributed by atoms with Gasteiger partial charge in [-0.2, -0.15) is 14.9 Å². The third-order valence-electron chi connectivity index (χ3n) is 3.04. The van der Waals surface area contributed by atoms with Crippen molar-refractivity contribution >= 4 is 45.1 Å². The number of aromatic hydroxyl groups is 1. The van der Waals surface area contributed by atoms with E-state index in [0.29, 0.717) is 5.56 Å². The second kappa shape index (κ2) is 5.82. The highest BCUT2D eigenvalue weighted by Crippen LogP contribution is 2.27. The van der Waals surface area contributed by atoms with E-state index in [1.54, 1.807) is 12.1 Å². The van der Waals surface area contributed by atoms with Crippen LogP contribution in [0.15, 0.2) is 50.9 Å². The lowest BCUT2D eigenvalue weighted by Crippen LogP contribution is -2.18. The Morgan fingerprint density at radius 3 is 2.95 bits per heavy atom. The minimum Gasteiger partial charge on any atom is -0.507 e. The standard InChI is InChI=1S/C14H9BrN4O2S/c15-9-2-3-10-8(5-9)1-4-12(20)11(10)6-17-19-13(21)7-16-18-14(19)22/h1-7,20H,(H,18,22)/b17-6-. The maximum Gasteiger partial charge on any atom is 0.293 e. The number of phenols is 1. The van der Waals surface area contributed by atoms with E-state index in [9.17, 15) is 9.90 Å². The van der Waals surface area contributed by atoms with E-state index in [0.717, 1.165) is 26.1 Å². The zero-order valence-corrected chi connectivity index (χ0v) is 13.4. The third-order valence-corrected chi connectivity index (χ3v) is 3.80. The second-order valence-corrected chi connectivity index (χ2v) is 5.74. The number of fused-ring (bicyclic) bond motifs is 1. The Hall–Kier alpha value is -2.32. The molecule has 0 aliphatic carbocycles. The van der Waals surface area contributed by atoms with Gasteiger partial charge in [0.15, 0.2) is 0 Å². The molecule has 1 aromatic heterocycles. The normalized spacial score (nSPS) is 11.3. The van der Waals surface area contributed by atoms with Crippen molar-refractivity contribution in [2.45, 2.75) is 0 Å². The summed E-state index contributed by atoms with van der Waals surface area (Å²) in [4.78, 5) is 11.7. The fourth-order valence-electron chi connectivity index (χ4n) is 2.02. The van der Waals surface area contributed by atoms with Crippen LogP contribution in [0.5, 0.6) is 5.75 Å².